The number of amides is 1. The van der Waals surface area contributed by atoms with E-state index in [1.54, 1.807) is 12.3 Å². The lowest BCUT2D eigenvalue weighted by Gasteiger charge is -2.07. The summed E-state index contributed by atoms with van der Waals surface area (Å²) in [6, 6.07) is 29.3. The molecular weight excluding hydrogens is 487 g/mol. The SMILES string of the molecule is O=C(N/N=C\c1ccc(OCc2ccc(I)cc2)cc1)c1cccc2ccccc12. The molecule has 0 aromatic heterocycles. The molecule has 4 nitrogen and oxygen atoms in total. The highest BCUT2D eigenvalue weighted by Gasteiger charge is 2.08. The van der Waals surface area contributed by atoms with Gasteiger partial charge in [-0.2, -0.15) is 5.10 Å². The average molecular weight is 506 g/mol. The first-order valence-corrected chi connectivity index (χ1v) is 10.6. The lowest BCUT2D eigenvalue weighted by Crippen LogP contribution is -2.17. The minimum absolute atomic E-state index is 0.236. The van der Waals surface area contributed by atoms with Gasteiger partial charge in [0, 0.05) is 9.13 Å². The van der Waals surface area contributed by atoms with Crippen LogP contribution in [0.3, 0.4) is 0 Å². The van der Waals surface area contributed by atoms with Crippen LogP contribution >= 0.6 is 22.6 Å². The fourth-order valence-corrected chi connectivity index (χ4v) is 3.41. The number of fused-ring (bicyclic) bond motifs is 1. The summed E-state index contributed by atoms with van der Waals surface area (Å²) in [4.78, 5) is 12.5. The second kappa shape index (κ2) is 9.54. The summed E-state index contributed by atoms with van der Waals surface area (Å²) < 4.78 is 7.01. The average Bonchev–Trinajstić information content (AvgIpc) is 2.79. The molecule has 0 bridgehead atoms. The highest BCUT2D eigenvalue weighted by molar-refractivity contribution is 14.1. The first-order valence-electron chi connectivity index (χ1n) is 9.47. The van der Waals surface area contributed by atoms with Crippen molar-refractivity contribution in [3.05, 3.63) is 111 Å². The van der Waals surface area contributed by atoms with Gasteiger partial charge in [0.2, 0.25) is 0 Å². The summed E-state index contributed by atoms with van der Waals surface area (Å²) in [6.07, 6.45) is 1.62. The summed E-state index contributed by atoms with van der Waals surface area (Å²) in [7, 11) is 0. The van der Waals surface area contributed by atoms with Gasteiger partial charge in [0.15, 0.2) is 0 Å². The number of carbonyl (C=O) groups is 1. The highest BCUT2D eigenvalue weighted by atomic mass is 127. The molecule has 0 unspecified atom stereocenters. The zero-order valence-corrected chi connectivity index (χ0v) is 18.2. The van der Waals surface area contributed by atoms with Crippen LogP contribution < -0.4 is 10.2 Å². The molecule has 0 heterocycles. The molecule has 0 atom stereocenters. The van der Waals surface area contributed by atoms with Crippen LogP contribution in [0.15, 0.2) is 96.1 Å². The predicted molar refractivity (Wildman–Crippen MR) is 129 cm³/mol. The summed E-state index contributed by atoms with van der Waals surface area (Å²) in [5.41, 5.74) is 5.20. The molecule has 0 fully saturated rings. The largest absolute Gasteiger partial charge is 0.489 e. The zero-order chi connectivity index (χ0) is 20.8. The van der Waals surface area contributed by atoms with Gasteiger partial charge in [0.1, 0.15) is 12.4 Å². The molecule has 0 saturated heterocycles. The van der Waals surface area contributed by atoms with E-state index in [4.69, 9.17) is 4.74 Å². The molecule has 30 heavy (non-hydrogen) atoms. The molecular formula is C25H19IN2O2. The number of nitrogens with one attached hydrogen (secondary N) is 1. The van der Waals surface area contributed by atoms with Gasteiger partial charge in [0.05, 0.1) is 6.21 Å². The van der Waals surface area contributed by atoms with Crippen molar-refractivity contribution in [1.29, 1.82) is 0 Å². The molecule has 0 spiro atoms. The summed E-state index contributed by atoms with van der Waals surface area (Å²) in [6.45, 7) is 0.519. The van der Waals surface area contributed by atoms with Gasteiger partial charge in [-0.15, -0.1) is 0 Å². The van der Waals surface area contributed by atoms with Gasteiger partial charge in [-0.25, -0.2) is 5.43 Å². The number of hydrogen-bond acceptors (Lipinski definition) is 3. The lowest BCUT2D eigenvalue weighted by molar-refractivity contribution is 0.0957. The predicted octanol–water partition coefficient (Wildman–Crippen LogP) is 5.79. The summed E-state index contributed by atoms with van der Waals surface area (Å²) in [5.74, 6) is 0.547. The number of hydrazone groups is 1. The Hall–Kier alpha value is -3.19. The number of hydrogen-bond donors (Lipinski definition) is 1. The van der Waals surface area contributed by atoms with E-state index in [9.17, 15) is 4.79 Å². The smallest absolute Gasteiger partial charge is 0.271 e. The second-order valence-corrected chi connectivity index (χ2v) is 7.96. The zero-order valence-electron chi connectivity index (χ0n) is 16.1. The number of halogens is 1. The standard InChI is InChI=1S/C25H19IN2O2/c26-21-12-8-19(9-13-21)17-30-22-14-10-18(11-15-22)16-27-28-25(29)24-7-3-5-20-4-1-2-6-23(20)24/h1-16H,17H2,(H,28,29)/b27-16-. The van der Waals surface area contributed by atoms with Crippen LogP contribution in [0.5, 0.6) is 5.75 Å². The number of rotatable bonds is 6. The number of benzene rings is 4. The third-order valence-corrected chi connectivity index (χ3v) is 5.33. The van der Waals surface area contributed by atoms with Crippen molar-refractivity contribution in [2.24, 2.45) is 5.10 Å². The number of nitrogens with zero attached hydrogens (tertiary/aromatic N) is 1. The van der Waals surface area contributed by atoms with Gasteiger partial charge in [0.25, 0.3) is 5.91 Å². The third kappa shape index (κ3) is 5.04. The van der Waals surface area contributed by atoms with Gasteiger partial charge in [-0.1, -0.05) is 48.5 Å². The first kappa shape index (κ1) is 20.1. The number of carbonyl (C=O) groups excluding carboxylic acids is 1. The van der Waals surface area contributed by atoms with Crippen molar-refractivity contribution in [3.8, 4) is 5.75 Å². The van der Waals surface area contributed by atoms with Gasteiger partial charge in [-0.3, -0.25) is 4.79 Å². The molecule has 0 saturated carbocycles. The molecule has 5 heteroatoms. The molecule has 0 aliphatic rings. The van der Waals surface area contributed by atoms with E-state index in [1.807, 2.05) is 60.7 Å². The van der Waals surface area contributed by atoms with Crippen LogP contribution in [0, 0.1) is 3.57 Å². The lowest BCUT2D eigenvalue weighted by atomic mass is 10.0. The molecule has 1 amide bonds. The van der Waals surface area contributed by atoms with Crippen molar-refractivity contribution in [1.82, 2.24) is 5.43 Å². The minimum Gasteiger partial charge on any atom is -0.489 e. The Kier molecular flexibility index (Phi) is 6.39. The molecule has 4 aromatic rings. The van der Waals surface area contributed by atoms with E-state index < -0.39 is 0 Å². The monoisotopic (exact) mass is 506 g/mol. The quantitative estimate of drug-likeness (QED) is 0.205. The van der Waals surface area contributed by atoms with E-state index in [2.05, 4.69) is 57.4 Å². The van der Waals surface area contributed by atoms with E-state index >= 15 is 0 Å². The van der Waals surface area contributed by atoms with Crippen LogP contribution in [0.2, 0.25) is 0 Å². The second-order valence-electron chi connectivity index (χ2n) is 6.71. The van der Waals surface area contributed by atoms with E-state index in [1.165, 1.54) is 3.57 Å². The molecule has 4 aromatic carbocycles. The van der Waals surface area contributed by atoms with E-state index in [-0.39, 0.29) is 5.91 Å². The van der Waals surface area contributed by atoms with Crippen molar-refractivity contribution in [3.63, 3.8) is 0 Å². The van der Waals surface area contributed by atoms with E-state index in [0.29, 0.717) is 12.2 Å². The Morgan fingerprint density at radius 1 is 0.900 bits per heavy atom. The summed E-state index contributed by atoms with van der Waals surface area (Å²) >= 11 is 2.28. The molecule has 4 rings (SSSR count). The summed E-state index contributed by atoms with van der Waals surface area (Å²) in [5, 5.41) is 6.02. The Morgan fingerprint density at radius 3 is 2.43 bits per heavy atom. The highest BCUT2D eigenvalue weighted by Crippen LogP contribution is 2.18. The fourth-order valence-electron chi connectivity index (χ4n) is 3.05. The first-order chi connectivity index (χ1) is 14.7. The molecule has 148 valence electrons. The van der Waals surface area contributed by atoms with Crippen LogP contribution in [-0.2, 0) is 6.61 Å². The van der Waals surface area contributed by atoms with Gasteiger partial charge < -0.3 is 4.74 Å². The van der Waals surface area contributed by atoms with Crippen LogP contribution in [-0.4, -0.2) is 12.1 Å². The van der Waals surface area contributed by atoms with Gasteiger partial charge in [-0.05, 0) is 87.0 Å². The van der Waals surface area contributed by atoms with Crippen molar-refractivity contribution in [2.45, 2.75) is 6.61 Å². The Labute approximate surface area is 188 Å². The van der Waals surface area contributed by atoms with Gasteiger partial charge >= 0.3 is 0 Å². The maximum atomic E-state index is 12.5. The number of ether oxygens (including phenoxy) is 1. The topological polar surface area (TPSA) is 50.7 Å². The van der Waals surface area contributed by atoms with Crippen LogP contribution in [0.25, 0.3) is 10.8 Å². The van der Waals surface area contributed by atoms with Crippen molar-refractivity contribution in [2.75, 3.05) is 0 Å². The van der Waals surface area contributed by atoms with Crippen LogP contribution in [0.1, 0.15) is 21.5 Å². The molecule has 0 radical (unpaired) electrons. The minimum atomic E-state index is -0.236. The normalized spacial score (nSPS) is 11.0. The molecule has 0 aliphatic carbocycles. The Balaban J connectivity index is 1.35. The fraction of sp³-hybridized carbons (Fsp3) is 0.0400. The molecule has 1 N–H and O–H groups in total. The molecule has 0 aliphatic heterocycles. The Bertz CT molecular complexity index is 1180. The Morgan fingerprint density at radius 2 is 1.63 bits per heavy atom. The van der Waals surface area contributed by atoms with Crippen molar-refractivity contribution >= 4 is 45.5 Å². The third-order valence-electron chi connectivity index (χ3n) is 4.61. The maximum absolute atomic E-state index is 12.5. The van der Waals surface area contributed by atoms with E-state index in [0.717, 1.165) is 27.6 Å². The van der Waals surface area contributed by atoms with Crippen LogP contribution in [0.4, 0.5) is 0 Å². The maximum Gasteiger partial charge on any atom is 0.271 e. The van der Waals surface area contributed by atoms with Crippen molar-refractivity contribution < 1.29 is 9.53 Å².